The Morgan fingerprint density at radius 3 is 2.68 bits per heavy atom. The third-order valence-corrected chi connectivity index (χ3v) is 2.92. The van der Waals surface area contributed by atoms with Crippen molar-refractivity contribution < 1.29 is 9.53 Å². The number of carbonyl (C=O) groups is 1. The van der Waals surface area contributed by atoms with Crippen LogP contribution in [0.5, 0.6) is 5.75 Å². The Kier molecular flexibility index (Phi) is 5.26. The maximum absolute atomic E-state index is 12.0. The van der Waals surface area contributed by atoms with Crippen molar-refractivity contribution in [3.63, 3.8) is 0 Å². The lowest BCUT2D eigenvalue weighted by molar-refractivity contribution is 0.262. The predicted molar refractivity (Wildman–Crippen MR) is 85.2 cm³/mol. The van der Waals surface area contributed by atoms with Crippen LogP contribution < -0.4 is 20.7 Å². The Bertz CT molecular complexity index is 643. The number of amides is 2. The lowest BCUT2D eigenvalue weighted by Crippen LogP contribution is -2.20. The van der Waals surface area contributed by atoms with Crippen LogP contribution in [0.1, 0.15) is 11.3 Å². The van der Waals surface area contributed by atoms with E-state index in [1.807, 2.05) is 26.1 Å². The topological polar surface area (TPSA) is 88.2 Å². The molecule has 7 heteroatoms. The lowest BCUT2D eigenvalue weighted by Gasteiger charge is -2.12. The molecule has 0 fully saturated rings. The highest BCUT2D eigenvalue weighted by Crippen LogP contribution is 2.25. The summed E-state index contributed by atoms with van der Waals surface area (Å²) in [5.41, 5.74) is 2.43. The van der Waals surface area contributed by atoms with Crippen molar-refractivity contribution in [3.8, 4) is 5.75 Å². The minimum atomic E-state index is -0.405. The number of aryl methyl sites for hydroxylation is 1. The number of aromatic nitrogens is 2. The van der Waals surface area contributed by atoms with Gasteiger partial charge in [-0.1, -0.05) is 6.07 Å². The van der Waals surface area contributed by atoms with Crippen LogP contribution in [0.4, 0.5) is 16.3 Å². The maximum atomic E-state index is 12.0. The molecule has 2 rings (SSSR count). The summed E-state index contributed by atoms with van der Waals surface area (Å²) in [6, 6.07) is 5.18. The molecule has 0 bridgehead atoms. The van der Waals surface area contributed by atoms with E-state index in [2.05, 4.69) is 25.9 Å². The van der Waals surface area contributed by atoms with Gasteiger partial charge in [0.15, 0.2) is 5.82 Å². The first-order chi connectivity index (χ1) is 10.6. The number of methoxy groups -OCH3 is 1. The van der Waals surface area contributed by atoms with Crippen molar-refractivity contribution in [2.75, 3.05) is 24.8 Å². The molecule has 0 atom stereocenters. The molecule has 1 heterocycles. The average Bonchev–Trinajstić information content (AvgIpc) is 2.51. The molecule has 116 valence electrons. The van der Waals surface area contributed by atoms with Gasteiger partial charge in [0.1, 0.15) is 5.75 Å². The number of ether oxygens (including phenoxy) is 1. The quantitative estimate of drug-likeness (QED) is 0.787. The highest BCUT2D eigenvalue weighted by molar-refractivity contribution is 6.00. The normalized spacial score (nSPS) is 10.1. The van der Waals surface area contributed by atoms with Gasteiger partial charge in [-0.05, 0) is 31.7 Å². The van der Waals surface area contributed by atoms with Crippen LogP contribution >= 0.6 is 0 Å². The Morgan fingerprint density at radius 1 is 1.23 bits per heavy atom. The van der Waals surface area contributed by atoms with Gasteiger partial charge in [0, 0.05) is 6.54 Å². The fraction of sp³-hybridized carbons (Fsp3) is 0.267. The number of rotatable bonds is 5. The molecule has 0 spiro atoms. The first-order valence-electron chi connectivity index (χ1n) is 6.80. The Hall–Kier alpha value is -2.67. The van der Waals surface area contributed by atoms with Crippen molar-refractivity contribution in [1.82, 2.24) is 15.3 Å². The van der Waals surface area contributed by atoms with Crippen molar-refractivity contribution in [2.24, 2.45) is 0 Å². The molecule has 1 aromatic heterocycles. The fourth-order valence-electron chi connectivity index (χ4n) is 1.88. The average molecular weight is 301 g/mol. The first-order valence-corrected chi connectivity index (χ1v) is 6.80. The van der Waals surface area contributed by atoms with Crippen LogP contribution in [-0.2, 0) is 6.54 Å². The number of hydrogen-bond acceptors (Lipinski definition) is 5. The minimum absolute atomic E-state index is 0.383. The van der Waals surface area contributed by atoms with E-state index in [4.69, 9.17) is 4.74 Å². The van der Waals surface area contributed by atoms with E-state index in [1.54, 1.807) is 19.4 Å². The van der Waals surface area contributed by atoms with E-state index in [-0.39, 0.29) is 0 Å². The summed E-state index contributed by atoms with van der Waals surface area (Å²) >= 11 is 0. The van der Waals surface area contributed by atoms with Gasteiger partial charge >= 0.3 is 6.03 Å². The Labute approximate surface area is 129 Å². The molecule has 0 unspecified atom stereocenters. The van der Waals surface area contributed by atoms with Gasteiger partial charge in [0.2, 0.25) is 0 Å². The van der Waals surface area contributed by atoms with E-state index < -0.39 is 6.03 Å². The fourth-order valence-corrected chi connectivity index (χ4v) is 1.88. The molecule has 2 amide bonds. The molecule has 22 heavy (non-hydrogen) atoms. The highest BCUT2D eigenvalue weighted by atomic mass is 16.5. The summed E-state index contributed by atoms with van der Waals surface area (Å²) in [5, 5.41) is 8.41. The molecule has 3 N–H and O–H groups in total. The summed E-state index contributed by atoms with van der Waals surface area (Å²) in [6.07, 6.45) is 3.09. The molecule has 0 saturated carbocycles. The maximum Gasteiger partial charge on any atom is 0.324 e. The van der Waals surface area contributed by atoms with Gasteiger partial charge in [0.25, 0.3) is 0 Å². The van der Waals surface area contributed by atoms with E-state index >= 15 is 0 Å². The third-order valence-electron chi connectivity index (χ3n) is 2.92. The van der Waals surface area contributed by atoms with Crippen LogP contribution in [0.15, 0.2) is 30.6 Å². The highest BCUT2D eigenvalue weighted by Gasteiger charge is 2.09. The molecule has 0 saturated heterocycles. The summed E-state index contributed by atoms with van der Waals surface area (Å²) in [5.74, 6) is 0.978. The lowest BCUT2D eigenvalue weighted by atomic mass is 10.2. The number of nitrogens with zero attached hydrogens (tertiary/aromatic N) is 2. The zero-order chi connectivity index (χ0) is 15.9. The monoisotopic (exact) mass is 301 g/mol. The standard InChI is InChI=1S/C15H19N5O2/c1-10-7-18-14(9-17-10)20-15(21)19-12-5-4-11(8-16-2)6-13(12)22-3/h4-7,9,16H,8H2,1-3H3,(H2,18,19,20,21). The Morgan fingerprint density at radius 2 is 2.05 bits per heavy atom. The Balaban J connectivity index is 2.05. The molecule has 2 aromatic rings. The van der Waals surface area contributed by atoms with Crippen molar-refractivity contribution in [2.45, 2.75) is 13.5 Å². The molecular formula is C15H19N5O2. The minimum Gasteiger partial charge on any atom is -0.495 e. The summed E-state index contributed by atoms with van der Waals surface area (Å²) < 4.78 is 5.30. The van der Waals surface area contributed by atoms with Gasteiger partial charge in [-0.25, -0.2) is 9.78 Å². The van der Waals surface area contributed by atoms with Crippen LogP contribution in [0.2, 0.25) is 0 Å². The first kappa shape index (κ1) is 15.7. The van der Waals surface area contributed by atoms with Gasteiger partial charge in [0.05, 0.1) is 30.9 Å². The zero-order valence-corrected chi connectivity index (χ0v) is 12.8. The largest absolute Gasteiger partial charge is 0.495 e. The summed E-state index contributed by atoms with van der Waals surface area (Å²) in [4.78, 5) is 20.1. The summed E-state index contributed by atoms with van der Waals surface area (Å²) in [7, 11) is 3.43. The van der Waals surface area contributed by atoms with E-state index in [0.29, 0.717) is 17.3 Å². The predicted octanol–water partition coefficient (Wildman–Crippen LogP) is 2.16. The molecule has 0 aliphatic heterocycles. The van der Waals surface area contributed by atoms with E-state index in [0.717, 1.165) is 17.8 Å². The van der Waals surface area contributed by atoms with Crippen molar-refractivity contribution in [3.05, 3.63) is 41.9 Å². The third kappa shape index (κ3) is 4.16. The van der Waals surface area contributed by atoms with Crippen LogP contribution in [0.3, 0.4) is 0 Å². The van der Waals surface area contributed by atoms with Crippen molar-refractivity contribution in [1.29, 1.82) is 0 Å². The molecule has 1 aromatic carbocycles. The smallest absolute Gasteiger partial charge is 0.324 e. The number of anilines is 2. The van der Waals surface area contributed by atoms with Gasteiger partial charge < -0.3 is 15.4 Å². The summed E-state index contributed by atoms with van der Waals surface area (Å²) in [6.45, 7) is 2.55. The molecule has 0 aliphatic carbocycles. The van der Waals surface area contributed by atoms with Crippen LogP contribution in [0.25, 0.3) is 0 Å². The van der Waals surface area contributed by atoms with Gasteiger partial charge in [-0.3, -0.25) is 10.3 Å². The zero-order valence-electron chi connectivity index (χ0n) is 12.8. The van der Waals surface area contributed by atoms with Crippen molar-refractivity contribution >= 4 is 17.5 Å². The van der Waals surface area contributed by atoms with Gasteiger partial charge in [-0.2, -0.15) is 0 Å². The van der Waals surface area contributed by atoms with E-state index in [9.17, 15) is 4.79 Å². The second-order valence-electron chi connectivity index (χ2n) is 4.69. The molecule has 0 radical (unpaired) electrons. The molecular weight excluding hydrogens is 282 g/mol. The number of hydrogen-bond donors (Lipinski definition) is 3. The van der Waals surface area contributed by atoms with Gasteiger partial charge in [-0.15, -0.1) is 0 Å². The van der Waals surface area contributed by atoms with Crippen LogP contribution in [0, 0.1) is 6.92 Å². The number of benzene rings is 1. The SMILES string of the molecule is CNCc1ccc(NC(=O)Nc2cnc(C)cn2)c(OC)c1. The number of urea groups is 1. The second kappa shape index (κ2) is 7.37. The molecule has 7 nitrogen and oxygen atoms in total. The number of carbonyl (C=O) groups excluding carboxylic acids is 1. The molecule has 0 aliphatic rings. The number of nitrogens with one attached hydrogen (secondary N) is 3. The second-order valence-corrected chi connectivity index (χ2v) is 4.69. The van der Waals surface area contributed by atoms with Crippen LogP contribution in [-0.4, -0.2) is 30.2 Å². The van der Waals surface area contributed by atoms with E-state index in [1.165, 1.54) is 6.20 Å².